The van der Waals surface area contributed by atoms with Crippen LogP contribution in [-0.2, 0) is 6.42 Å². The Morgan fingerprint density at radius 2 is 1.54 bits per heavy atom. The topological polar surface area (TPSA) is 50.9 Å². The van der Waals surface area contributed by atoms with Crippen LogP contribution in [0.2, 0.25) is 0 Å². The zero-order valence-corrected chi connectivity index (χ0v) is 15.7. The minimum Gasteiger partial charge on any atom is -0.399 e. The number of rotatable bonds is 12. The normalized spacial score (nSPS) is 10.9. The van der Waals surface area contributed by atoms with Gasteiger partial charge in [-0.3, -0.25) is 0 Å². The Kier molecular flexibility index (Phi) is 8.67. The van der Waals surface area contributed by atoms with E-state index in [9.17, 15) is 0 Å². The number of nitrogens with two attached hydrogens (primary N) is 1. The highest BCUT2D eigenvalue weighted by molar-refractivity contribution is 7.13. The molecule has 24 heavy (non-hydrogen) atoms. The molecule has 0 saturated carbocycles. The molecule has 132 valence electrons. The number of aryl methyl sites for hydroxylation is 1. The summed E-state index contributed by atoms with van der Waals surface area (Å²) in [5.74, 6) is 0. The van der Waals surface area contributed by atoms with Crippen molar-refractivity contribution < 1.29 is 0 Å². The van der Waals surface area contributed by atoms with E-state index in [1.54, 1.807) is 11.3 Å². The summed E-state index contributed by atoms with van der Waals surface area (Å²) in [6.07, 6.45) is 13.4. The molecule has 0 bridgehead atoms. The van der Waals surface area contributed by atoms with Gasteiger partial charge < -0.3 is 11.1 Å². The number of nitrogens with one attached hydrogen (secondary N) is 1. The summed E-state index contributed by atoms with van der Waals surface area (Å²) < 4.78 is 0. The van der Waals surface area contributed by atoms with Crippen molar-refractivity contribution in [3.05, 3.63) is 35.3 Å². The van der Waals surface area contributed by atoms with Gasteiger partial charge in [0.15, 0.2) is 5.13 Å². The van der Waals surface area contributed by atoms with Crippen LogP contribution in [-0.4, -0.2) is 4.98 Å². The van der Waals surface area contributed by atoms with E-state index >= 15 is 0 Å². The third kappa shape index (κ3) is 7.35. The summed E-state index contributed by atoms with van der Waals surface area (Å²) in [7, 11) is 0. The van der Waals surface area contributed by atoms with E-state index in [1.807, 2.05) is 24.3 Å². The van der Waals surface area contributed by atoms with E-state index in [1.165, 1.54) is 63.5 Å². The van der Waals surface area contributed by atoms with Crippen molar-refractivity contribution in [3.63, 3.8) is 0 Å². The highest BCUT2D eigenvalue weighted by Gasteiger charge is 2.02. The molecular formula is C20H31N3S. The van der Waals surface area contributed by atoms with Crippen molar-refractivity contribution in [2.75, 3.05) is 11.1 Å². The average Bonchev–Trinajstić information content (AvgIpc) is 3.03. The van der Waals surface area contributed by atoms with Crippen LogP contribution in [0.5, 0.6) is 0 Å². The highest BCUT2D eigenvalue weighted by atomic mass is 32.1. The van der Waals surface area contributed by atoms with Gasteiger partial charge in [-0.25, -0.2) is 4.98 Å². The largest absolute Gasteiger partial charge is 0.399 e. The molecule has 0 aliphatic heterocycles. The molecule has 0 fully saturated rings. The first-order valence-corrected chi connectivity index (χ1v) is 10.2. The third-order valence-electron chi connectivity index (χ3n) is 4.25. The molecule has 1 heterocycles. The minimum absolute atomic E-state index is 0.783. The molecule has 4 heteroatoms. The summed E-state index contributed by atoms with van der Waals surface area (Å²) in [6.45, 7) is 2.27. The van der Waals surface area contributed by atoms with Crippen molar-refractivity contribution in [1.82, 2.24) is 4.98 Å². The van der Waals surface area contributed by atoms with Crippen molar-refractivity contribution >= 4 is 27.8 Å². The summed E-state index contributed by atoms with van der Waals surface area (Å²) >= 11 is 1.67. The first-order valence-electron chi connectivity index (χ1n) is 9.35. The lowest BCUT2D eigenvalue weighted by Crippen LogP contribution is -1.92. The number of hydrogen-bond acceptors (Lipinski definition) is 4. The molecule has 0 atom stereocenters. The molecule has 3 N–H and O–H groups in total. The molecule has 1 aromatic heterocycles. The molecule has 3 nitrogen and oxygen atoms in total. The van der Waals surface area contributed by atoms with Gasteiger partial charge >= 0.3 is 0 Å². The molecule has 1 aromatic carbocycles. The van der Waals surface area contributed by atoms with Crippen LogP contribution < -0.4 is 11.1 Å². The summed E-state index contributed by atoms with van der Waals surface area (Å²) in [6, 6.07) is 7.77. The Morgan fingerprint density at radius 3 is 2.21 bits per heavy atom. The predicted octanol–water partition coefficient (Wildman–Crippen LogP) is 6.54. The molecular weight excluding hydrogens is 314 g/mol. The number of aromatic nitrogens is 1. The van der Waals surface area contributed by atoms with Gasteiger partial charge in [-0.15, -0.1) is 11.3 Å². The first-order chi connectivity index (χ1) is 11.8. The van der Waals surface area contributed by atoms with Crippen molar-refractivity contribution in [3.8, 4) is 0 Å². The van der Waals surface area contributed by atoms with E-state index in [2.05, 4.69) is 22.6 Å². The Bertz CT molecular complexity index is 563. The number of benzene rings is 1. The smallest absolute Gasteiger partial charge is 0.187 e. The molecule has 0 aliphatic rings. The number of hydrogen-bond donors (Lipinski definition) is 2. The van der Waals surface area contributed by atoms with Crippen LogP contribution in [0.15, 0.2) is 29.6 Å². The molecule has 0 spiro atoms. The van der Waals surface area contributed by atoms with Gasteiger partial charge in [0.05, 0.1) is 5.69 Å². The number of nitrogen functional groups attached to an aromatic ring is 1. The summed E-state index contributed by atoms with van der Waals surface area (Å²) in [4.78, 5) is 4.67. The minimum atomic E-state index is 0.783. The fraction of sp³-hybridized carbons (Fsp3) is 0.550. The fourth-order valence-electron chi connectivity index (χ4n) is 2.79. The van der Waals surface area contributed by atoms with Crippen LogP contribution in [0.4, 0.5) is 16.5 Å². The number of anilines is 3. The van der Waals surface area contributed by atoms with Crippen LogP contribution >= 0.6 is 11.3 Å². The maximum atomic E-state index is 5.70. The SMILES string of the molecule is CCCCCCCCCCCc1csc(Nc2ccc(N)cc2)n1. The number of thiazole rings is 1. The Labute approximate surface area is 150 Å². The second-order valence-corrected chi connectivity index (χ2v) is 7.33. The van der Waals surface area contributed by atoms with E-state index in [4.69, 9.17) is 5.73 Å². The Balaban J connectivity index is 1.57. The van der Waals surface area contributed by atoms with E-state index in [0.717, 1.165) is 22.9 Å². The monoisotopic (exact) mass is 345 g/mol. The number of unbranched alkanes of at least 4 members (excludes halogenated alkanes) is 8. The predicted molar refractivity (Wildman–Crippen MR) is 107 cm³/mol. The maximum absolute atomic E-state index is 5.70. The molecule has 0 aliphatic carbocycles. The van der Waals surface area contributed by atoms with Crippen molar-refractivity contribution in [2.45, 2.75) is 71.1 Å². The zero-order valence-electron chi connectivity index (χ0n) is 14.9. The van der Waals surface area contributed by atoms with Crippen LogP contribution in [0.1, 0.15) is 70.4 Å². The summed E-state index contributed by atoms with van der Waals surface area (Å²) in [5.41, 5.74) is 8.73. The quantitative estimate of drug-likeness (QED) is 0.339. The maximum Gasteiger partial charge on any atom is 0.187 e. The van der Waals surface area contributed by atoms with Gasteiger partial charge in [-0.2, -0.15) is 0 Å². The summed E-state index contributed by atoms with van der Waals surface area (Å²) in [5, 5.41) is 6.47. The Morgan fingerprint density at radius 1 is 0.917 bits per heavy atom. The van der Waals surface area contributed by atoms with Gasteiger partial charge in [-0.1, -0.05) is 58.3 Å². The lowest BCUT2D eigenvalue weighted by Gasteiger charge is -2.02. The lowest BCUT2D eigenvalue weighted by molar-refractivity contribution is 0.564. The van der Waals surface area contributed by atoms with Gasteiger partial charge in [0.25, 0.3) is 0 Å². The zero-order chi connectivity index (χ0) is 17.0. The molecule has 0 unspecified atom stereocenters. The van der Waals surface area contributed by atoms with Crippen LogP contribution in [0.25, 0.3) is 0 Å². The molecule has 0 radical (unpaired) electrons. The lowest BCUT2D eigenvalue weighted by atomic mass is 10.1. The van der Waals surface area contributed by atoms with Crippen molar-refractivity contribution in [2.24, 2.45) is 0 Å². The van der Waals surface area contributed by atoms with Gasteiger partial charge in [0.2, 0.25) is 0 Å². The van der Waals surface area contributed by atoms with E-state index in [-0.39, 0.29) is 0 Å². The van der Waals surface area contributed by atoms with Crippen LogP contribution in [0.3, 0.4) is 0 Å². The van der Waals surface area contributed by atoms with Gasteiger partial charge in [0, 0.05) is 16.8 Å². The van der Waals surface area contributed by atoms with Crippen LogP contribution in [0, 0.1) is 0 Å². The molecule has 0 saturated heterocycles. The second kappa shape index (κ2) is 11.1. The molecule has 2 aromatic rings. The van der Waals surface area contributed by atoms with E-state index < -0.39 is 0 Å². The average molecular weight is 346 g/mol. The van der Waals surface area contributed by atoms with E-state index in [0.29, 0.717) is 0 Å². The standard InChI is InChI=1S/C20H31N3S/c1-2-3-4-5-6-7-8-9-10-11-19-16-24-20(23-19)22-18-14-12-17(21)13-15-18/h12-16H,2-11,21H2,1H3,(H,22,23). The highest BCUT2D eigenvalue weighted by Crippen LogP contribution is 2.22. The fourth-order valence-corrected chi connectivity index (χ4v) is 3.55. The van der Waals surface area contributed by atoms with Crippen molar-refractivity contribution in [1.29, 1.82) is 0 Å². The third-order valence-corrected chi connectivity index (χ3v) is 5.06. The number of nitrogens with zero attached hydrogens (tertiary/aromatic N) is 1. The van der Waals surface area contributed by atoms with Gasteiger partial charge in [-0.05, 0) is 37.1 Å². The molecule has 0 amide bonds. The first kappa shape index (κ1) is 18.8. The molecule has 2 rings (SSSR count). The second-order valence-electron chi connectivity index (χ2n) is 6.47. The Hall–Kier alpha value is -1.55. The van der Waals surface area contributed by atoms with Gasteiger partial charge in [0.1, 0.15) is 0 Å².